The normalized spacial score (nSPS) is 10.5. The predicted molar refractivity (Wildman–Crippen MR) is 88.9 cm³/mol. The van der Waals surface area contributed by atoms with Gasteiger partial charge in [-0.25, -0.2) is 8.78 Å². The number of non-ortho nitro benzene ring substituents is 1. The number of carbonyl (C=O) groups is 1. The highest BCUT2D eigenvalue weighted by Gasteiger charge is 2.16. The van der Waals surface area contributed by atoms with Gasteiger partial charge in [-0.2, -0.15) is 0 Å². The summed E-state index contributed by atoms with van der Waals surface area (Å²) in [6, 6.07) is 8.27. The molecule has 0 aliphatic rings. The first-order valence-electron chi connectivity index (χ1n) is 7.35. The van der Waals surface area contributed by atoms with Crippen LogP contribution in [0.4, 0.5) is 20.2 Å². The summed E-state index contributed by atoms with van der Waals surface area (Å²) in [6.07, 6.45) is 1.43. The fourth-order valence-electron chi connectivity index (χ4n) is 2.33. The van der Waals surface area contributed by atoms with Crippen molar-refractivity contribution in [3.8, 4) is 5.75 Å². The Labute approximate surface area is 145 Å². The molecule has 0 unspecified atom stereocenters. The van der Waals surface area contributed by atoms with Crippen LogP contribution in [0.5, 0.6) is 5.75 Å². The van der Waals surface area contributed by atoms with Gasteiger partial charge in [-0.05, 0) is 30.3 Å². The summed E-state index contributed by atoms with van der Waals surface area (Å²) in [5.74, 6) is -2.06. The van der Waals surface area contributed by atoms with E-state index in [4.69, 9.17) is 4.74 Å². The van der Waals surface area contributed by atoms with Crippen molar-refractivity contribution in [1.82, 2.24) is 4.98 Å². The molecule has 9 heteroatoms. The SMILES string of the molecule is O=C(COc1ccc([N+](=O)[O-])c2cccnc12)Nc1cc(F)ccc1F. The number of halogens is 2. The number of hydrogen-bond donors (Lipinski definition) is 1. The molecule has 0 radical (unpaired) electrons. The minimum absolute atomic E-state index is 0.147. The number of fused-ring (bicyclic) bond motifs is 1. The van der Waals surface area contributed by atoms with Crippen LogP contribution in [0.25, 0.3) is 10.9 Å². The van der Waals surface area contributed by atoms with Crippen LogP contribution < -0.4 is 10.1 Å². The molecule has 1 heterocycles. The smallest absolute Gasteiger partial charge is 0.279 e. The molecule has 0 saturated carbocycles. The van der Waals surface area contributed by atoms with Gasteiger partial charge in [-0.3, -0.25) is 19.9 Å². The molecule has 0 spiro atoms. The topological polar surface area (TPSA) is 94.4 Å². The van der Waals surface area contributed by atoms with Crippen molar-refractivity contribution in [2.75, 3.05) is 11.9 Å². The number of nitrogens with one attached hydrogen (secondary N) is 1. The molecule has 0 saturated heterocycles. The van der Waals surface area contributed by atoms with E-state index in [1.165, 1.54) is 24.4 Å². The van der Waals surface area contributed by atoms with E-state index in [-0.39, 0.29) is 28.0 Å². The van der Waals surface area contributed by atoms with Gasteiger partial charge in [0.15, 0.2) is 6.61 Å². The van der Waals surface area contributed by atoms with E-state index in [1.807, 2.05) is 0 Å². The molecular formula is C17H11F2N3O4. The van der Waals surface area contributed by atoms with Crippen molar-refractivity contribution >= 4 is 28.2 Å². The van der Waals surface area contributed by atoms with E-state index in [9.17, 15) is 23.7 Å². The maximum atomic E-state index is 13.5. The van der Waals surface area contributed by atoms with E-state index < -0.39 is 29.1 Å². The number of amides is 1. The first-order chi connectivity index (χ1) is 12.5. The van der Waals surface area contributed by atoms with Gasteiger partial charge in [0.2, 0.25) is 0 Å². The zero-order chi connectivity index (χ0) is 18.7. The number of pyridine rings is 1. The van der Waals surface area contributed by atoms with Crippen LogP contribution in [0.15, 0.2) is 48.7 Å². The second kappa shape index (κ2) is 7.09. The standard InChI is InChI=1S/C17H11F2N3O4/c18-10-3-4-12(19)13(8-10)21-16(23)9-26-15-6-5-14(22(24)25)11-2-1-7-20-17(11)15/h1-8H,9H2,(H,21,23). The Morgan fingerprint density at radius 2 is 2.04 bits per heavy atom. The molecule has 7 nitrogen and oxygen atoms in total. The van der Waals surface area contributed by atoms with E-state index >= 15 is 0 Å². The van der Waals surface area contributed by atoms with Crippen LogP contribution in [0.2, 0.25) is 0 Å². The number of nitrogens with zero attached hydrogens (tertiary/aromatic N) is 2. The number of carbonyl (C=O) groups excluding carboxylic acids is 1. The van der Waals surface area contributed by atoms with Crippen molar-refractivity contribution in [2.45, 2.75) is 0 Å². The van der Waals surface area contributed by atoms with Crippen LogP contribution in [-0.2, 0) is 4.79 Å². The van der Waals surface area contributed by atoms with E-state index in [1.54, 1.807) is 6.07 Å². The van der Waals surface area contributed by atoms with Crippen LogP contribution >= 0.6 is 0 Å². The zero-order valence-electron chi connectivity index (χ0n) is 13.1. The Morgan fingerprint density at radius 1 is 1.23 bits per heavy atom. The molecule has 1 aromatic heterocycles. The van der Waals surface area contributed by atoms with Gasteiger partial charge < -0.3 is 10.1 Å². The lowest BCUT2D eigenvalue weighted by atomic mass is 10.1. The summed E-state index contributed by atoms with van der Waals surface area (Å²) >= 11 is 0. The summed E-state index contributed by atoms with van der Waals surface area (Å²) < 4.78 is 32.0. The molecule has 26 heavy (non-hydrogen) atoms. The number of hydrogen-bond acceptors (Lipinski definition) is 5. The zero-order valence-corrected chi connectivity index (χ0v) is 13.1. The summed E-state index contributed by atoms with van der Waals surface area (Å²) in [6.45, 7) is -0.514. The van der Waals surface area contributed by atoms with Crippen LogP contribution in [0.1, 0.15) is 0 Å². The van der Waals surface area contributed by atoms with Crippen molar-refractivity contribution < 1.29 is 23.2 Å². The number of benzene rings is 2. The highest BCUT2D eigenvalue weighted by Crippen LogP contribution is 2.31. The number of ether oxygens (including phenoxy) is 1. The van der Waals surface area contributed by atoms with E-state index in [0.29, 0.717) is 0 Å². The predicted octanol–water partition coefficient (Wildman–Crippen LogP) is 3.44. The van der Waals surface area contributed by atoms with Gasteiger partial charge >= 0.3 is 0 Å². The molecule has 0 aliphatic heterocycles. The minimum atomic E-state index is -0.790. The third-order valence-electron chi connectivity index (χ3n) is 3.47. The third-order valence-corrected chi connectivity index (χ3v) is 3.47. The molecule has 0 aliphatic carbocycles. The highest BCUT2D eigenvalue weighted by molar-refractivity contribution is 5.94. The van der Waals surface area contributed by atoms with Crippen LogP contribution in [0, 0.1) is 21.7 Å². The molecule has 132 valence electrons. The van der Waals surface area contributed by atoms with Gasteiger partial charge in [0, 0.05) is 18.3 Å². The molecule has 1 N–H and O–H groups in total. The molecule has 2 aromatic carbocycles. The molecule has 3 rings (SSSR count). The third kappa shape index (κ3) is 3.56. The first kappa shape index (κ1) is 17.2. The van der Waals surface area contributed by atoms with E-state index in [0.717, 1.165) is 18.2 Å². The van der Waals surface area contributed by atoms with Gasteiger partial charge in [-0.15, -0.1) is 0 Å². The van der Waals surface area contributed by atoms with Crippen molar-refractivity contribution in [2.24, 2.45) is 0 Å². The van der Waals surface area contributed by atoms with Crippen LogP contribution in [-0.4, -0.2) is 22.4 Å². The van der Waals surface area contributed by atoms with Crippen LogP contribution in [0.3, 0.4) is 0 Å². The Morgan fingerprint density at radius 3 is 2.81 bits per heavy atom. The molecular weight excluding hydrogens is 348 g/mol. The highest BCUT2D eigenvalue weighted by atomic mass is 19.1. The molecule has 1 amide bonds. The molecule has 0 fully saturated rings. The Bertz CT molecular complexity index is 1010. The lowest BCUT2D eigenvalue weighted by Gasteiger charge is -2.10. The van der Waals surface area contributed by atoms with Crippen molar-refractivity contribution in [3.63, 3.8) is 0 Å². The first-order valence-corrected chi connectivity index (χ1v) is 7.35. The number of aromatic nitrogens is 1. The summed E-state index contributed by atoms with van der Waals surface area (Å²) in [5.41, 5.74) is -0.247. The van der Waals surface area contributed by atoms with Gasteiger partial charge in [0.1, 0.15) is 22.9 Å². The maximum absolute atomic E-state index is 13.5. The second-order valence-electron chi connectivity index (χ2n) is 5.20. The molecule has 0 atom stereocenters. The monoisotopic (exact) mass is 359 g/mol. The second-order valence-corrected chi connectivity index (χ2v) is 5.20. The fraction of sp³-hybridized carbons (Fsp3) is 0.0588. The molecule has 0 bridgehead atoms. The minimum Gasteiger partial charge on any atom is -0.481 e. The Hall–Kier alpha value is -3.62. The number of nitro groups is 1. The molecule has 3 aromatic rings. The average molecular weight is 359 g/mol. The maximum Gasteiger partial charge on any atom is 0.279 e. The number of nitro benzene ring substituents is 1. The van der Waals surface area contributed by atoms with Gasteiger partial charge in [-0.1, -0.05) is 0 Å². The lowest BCUT2D eigenvalue weighted by Crippen LogP contribution is -2.21. The van der Waals surface area contributed by atoms with Gasteiger partial charge in [0.25, 0.3) is 11.6 Å². The Kier molecular flexibility index (Phi) is 4.70. The average Bonchev–Trinajstić information content (AvgIpc) is 2.62. The van der Waals surface area contributed by atoms with E-state index in [2.05, 4.69) is 10.3 Å². The lowest BCUT2D eigenvalue weighted by molar-refractivity contribution is -0.383. The summed E-state index contributed by atoms with van der Waals surface area (Å²) in [4.78, 5) is 26.5. The summed E-state index contributed by atoms with van der Waals surface area (Å²) in [5, 5.41) is 13.5. The van der Waals surface area contributed by atoms with Crippen molar-refractivity contribution in [3.05, 3.63) is 70.4 Å². The quantitative estimate of drug-likeness (QED) is 0.556. The fourth-order valence-corrected chi connectivity index (χ4v) is 2.33. The number of anilines is 1. The Balaban J connectivity index is 1.77. The van der Waals surface area contributed by atoms with Crippen molar-refractivity contribution in [1.29, 1.82) is 0 Å². The van der Waals surface area contributed by atoms with Gasteiger partial charge in [0.05, 0.1) is 16.0 Å². The largest absolute Gasteiger partial charge is 0.481 e. The summed E-state index contributed by atoms with van der Waals surface area (Å²) in [7, 11) is 0. The number of rotatable bonds is 5.